The van der Waals surface area contributed by atoms with E-state index in [9.17, 15) is 14.7 Å². The van der Waals surface area contributed by atoms with Crippen LogP contribution in [0.3, 0.4) is 0 Å². The molecule has 0 aliphatic rings. The molecule has 2 heterocycles. The van der Waals surface area contributed by atoms with Crippen LogP contribution in [-0.4, -0.2) is 36.5 Å². The monoisotopic (exact) mass is 451 g/mol. The molecule has 2 aromatic heterocycles. The lowest BCUT2D eigenvalue weighted by atomic mass is 10.2. The Morgan fingerprint density at radius 1 is 1.27 bits per heavy atom. The number of ether oxygens (including phenoxy) is 1. The van der Waals surface area contributed by atoms with Crippen LogP contribution < -0.4 is 10.1 Å². The smallest absolute Gasteiger partial charge is 0.328 e. The zero-order valence-corrected chi connectivity index (χ0v) is 17.9. The lowest BCUT2D eigenvalue weighted by molar-refractivity contribution is -0.140. The van der Waals surface area contributed by atoms with Gasteiger partial charge in [-0.25, -0.2) is 14.2 Å². The highest BCUT2D eigenvalue weighted by Crippen LogP contribution is 2.28. The number of hydrogen-bond donors (Lipinski definition) is 2. The van der Waals surface area contributed by atoms with Gasteiger partial charge in [0, 0.05) is 11.2 Å². The first-order valence-electron chi connectivity index (χ1n) is 8.88. The van der Waals surface area contributed by atoms with Crippen molar-refractivity contribution in [1.82, 2.24) is 19.6 Å². The van der Waals surface area contributed by atoms with E-state index in [0.717, 1.165) is 4.68 Å². The number of hydrogen-bond acceptors (Lipinski definition) is 5. The van der Waals surface area contributed by atoms with Gasteiger partial charge >= 0.3 is 5.97 Å². The largest absolute Gasteiger partial charge is 0.480 e. The van der Waals surface area contributed by atoms with Crippen LogP contribution in [0.4, 0.5) is 5.69 Å². The summed E-state index contributed by atoms with van der Waals surface area (Å²) < 4.78 is 8.43. The number of benzene rings is 1. The average Bonchev–Trinajstić information content (AvgIpc) is 3.27. The van der Waals surface area contributed by atoms with Gasteiger partial charge in [0.25, 0.3) is 5.91 Å². The molecule has 0 spiro atoms. The minimum absolute atomic E-state index is 0.0673. The quantitative estimate of drug-likeness (QED) is 0.562. The fourth-order valence-electron chi connectivity index (χ4n) is 2.81. The Morgan fingerprint density at radius 2 is 2.00 bits per heavy atom. The molecule has 0 aliphatic carbocycles. The maximum atomic E-state index is 12.7. The molecule has 1 amide bonds. The molecule has 1 aromatic carbocycles. The summed E-state index contributed by atoms with van der Waals surface area (Å²) in [4.78, 5) is 24.0. The van der Waals surface area contributed by atoms with Crippen molar-refractivity contribution < 1.29 is 19.4 Å². The third-order valence-corrected chi connectivity index (χ3v) is 5.01. The fraction of sp³-hybridized carbons (Fsp3) is 0.263. The number of carboxylic acids is 1. The summed E-state index contributed by atoms with van der Waals surface area (Å²) in [5.74, 6) is -1.13. The van der Waals surface area contributed by atoms with E-state index in [1.54, 1.807) is 36.7 Å². The first-order chi connectivity index (χ1) is 14.2. The summed E-state index contributed by atoms with van der Waals surface area (Å²) in [6, 6.07) is 5.37. The van der Waals surface area contributed by atoms with Crippen molar-refractivity contribution in [1.29, 1.82) is 0 Å². The van der Waals surface area contributed by atoms with Crippen LogP contribution in [0.2, 0.25) is 10.0 Å². The zero-order chi connectivity index (χ0) is 22.0. The van der Waals surface area contributed by atoms with Gasteiger partial charge in [-0.1, -0.05) is 23.2 Å². The minimum atomic E-state index is -1.09. The molecule has 1 unspecified atom stereocenters. The lowest BCUT2D eigenvalue weighted by Gasteiger charge is -2.12. The van der Waals surface area contributed by atoms with Crippen molar-refractivity contribution in [2.24, 2.45) is 0 Å². The van der Waals surface area contributed by atoms with Gasteiger partial charge in [-0.15, -0.1) is 0 Å². The lowest BCUT2D eigenvalue weighted by Crippen LogP contribution is -2.24. The molecular weight excluding hydrogens is 433 g/mol. The molecule has 0 aliphatic heterocycles. The first-order valence-corrected chi connectivity index (χ1v) is 9.64. The molecule has 9 nitrogen and oxygen atoms in total. The summed E-state index contributed by atoms with van der Waals surface area (Å²) in [6.45, 7) is 5.03. The van der Waals surface area contributed by atoms with Gasteiger partial charge in [0.05, 0.1) is 22.1 Å². The number of rotatable bonds is 7. The van der Waals surface area contributed by atoms with E-state index in [1.807, 2.05) is 0 Å². The van der Waals surface area contributed by atoms with Crippen molar-refractivity contribution in [3.05, 3.63) is 57.6 Å². The summed E-state index contributed by atoms with van der Waals surface area (Å²) in [7, 11) is 0. The molecule has 0 fully saturated rings. The Labute approximate surface area is 182 Å². The van der Waals surface area contributed by atoms with Crippen molar-refractivity contribution in [3.8, 4) is 5.75 Å². The van der Waals surface area contributed by atoms with Crippen molar-refractivity contribution in [2.45, 2.75) is 33.5 Å². The minimum Gasteiger partial charge on any atom is -0.480 e. The van der Waals surface area contributed by atoms with Gasteiger partial charge in [0.2, 0.25) is 0 Å². The Hall–Kier alpha value is -3.04. The Bertz CT molecular complexity index is 1110. The van der Waals surface area contributed by atoms with Gasteiger partial charge in [-0.05, 0) is 45.0 Å². The number of carbonyl (C=O) groups is 2. The molecule has 2 N–H and O–H groups in total. The number of nitrogens with zero attached hydrogens (tertiary/aromatic N) is 4. The summed E-state index contributed by atoms with van der Waals surface area (Å²) in [5.41, 5.74) is 1.86. The van der Waals surface area contributed by atoms with Crippen LogP contribution in [0.25, 0.3) is 0 Å². The maximum Gasteiger partial charge on any atom is 0.328 e. The molecule has 158 valence electrons. The van der Waals surface area contributed by atoms with Crippen molar-refractivity contribution in [2.75, 3.05) is 5.32 Å². The number of carboxylic acid groups (broad SMARTS) is 1. The number of amides is 1. The summed E-state index contributed by atoms with van der Waals surface area (Å²) >= 11 is 12.0. The molecule has 0 bridgehead atoms. The highest BCUT2D eigenvalue weighted by molar-refractivity contribution is 6.35. The predicted octanol–water partition coefficient (Wildman–Crippen LogP) is 3.94. The molecular formula is C19H19Cl2N5O4. The second-order valence-corrected chi connectivity index (χ2v) is 7.37. The number of halogens is 2. The van der Waals surface area contributed by atoms with E-state index in [-0.39, 0.29) is 12.4 Å². The standard InChI is InChI=1S/C19H19Cl2N5O4/c1-10-17(23-18(27)15-6-7-22-26(15)12(3)19(28)29)11(2)25(24-10)9-30-16-5-4-13(20)8-14(16)21/h4-8,12H,9H2,1-3H3,(H,23,27)(H,28,29). The Morgan fingerprint density at radius 3 is 2.67 bits per heavy atom. The van der Waals surface area contributed by atoms with Crippen LogP contribution in [0.5, 0.6) is 5.75 Å². The van der Waals surface area contributed by atoms with Crippen molar-refractivity contribution >= 4 is 40.8 Å². The Kier molecular flexibility index (Phi) is 6.33. The Balaban J connectivity index is 1.77. The maximum absolute atomic E-state index is 12.7. The summed E-state index contributed by atoms with van der Waals surface area (Å²) in [5, 5.41) is 21.2. The third kappa shape index (κ3) is 4.42. The fourth-order valence-corrected chi connectivity index (χ4v) is 3.27. The number of anilines is 1. The molecule has 3 aromatic rings. The van der Waals surface area contributed by atoms with Crippen LogP contribution >= 0.6 is 23.2 Å². The van der Waals surface area contributed by atoms with Gasteiger partial charge in [0.15, 0.2) is 6.73 Å². The van der Waals surface area contributed by atoms with Gasteiger partial charge in [0.1, 0.15) is 17.5 Å². The molecule has 0 radical (unpaired) electrons. The molecule has 0 saturated heterocycles. The van der Waals surface area contributed by atoms with E-state index in [4.69, 9.17) is 27.9 Å². The van der Waals surface area contributed by atoms with E-state index in [2.05, 4.69) is 15.5 Å². The zero-order valence-electron chi connectivity index (χ0n) is 16.4. The van der Waals surface area contributed by atoms with Crippen LogP contribution in [0, 0.1) is 13.8 Å². The van der Waals surface area contributed by atoms with Crippen LogP contribution in [0.1, 0.15) is 34.8 Å². The molecule has 0 saturated carbocycles. The van der Waals surface area contributed by atoms with Crippen LogP contribution in [0.15, 0.2) is 30.5 Å². The molecule has 11 heteroatoms. The van der Waals surface area contributed by atoms with Gasteiger partial charge < -0.3 is 15.2 Å². The van der Waals surface area contributed by atoms with E-state index in [1.165, 1.54) is 19.2 Å². The van der Waals surface area contributed by atoms with E-state index < -0.39 is 17.9 Å². The average molecular weight is 452 g/mol. The number of aromatic nitrogens is 4. The van der Waals surface area contributed by atoms with E-state index in [0.29, 0.717) is 32.9 Å². The van der Waals surface area contributed by atoms with Crippen LogP contribution in [-0.2, 0) is 11.5 Å². The number of aryl methyl sites for hydroxylation is 1. The second-order valence-electron chi connectivity index (χ2n) is 6.52. The number of aliphatic carboxylic acids is 1. The number of carbonyl (C=O) groups excluding carboxylic acids is 1. The highest BCUT2D eigenvalue weighted by Gasteiger charge is 2.23. The second kappa shape index (κ2) is 8.76. The normalized spacial score (nSPS) is 11.9. The predicted molar refractivity (Wildman–Crippen MR) is 111 cm³/mol. The SMILES string of the molecule is Cc1nn(COc2ccc(Cl)cc2Cl)c(C)c1NC(=O)c1ccnn1C(C)C(=O)O. The summed E-state index contributed by atoms with van der Waals surface area (Å²) in [6.07, 6.45) is 1.38. The van der Waals surface area contributed by atoms with E-state index >= 15 is 0 Å². The topological polar surface area (TPSA) is 111 Å². The molecule has 30 heavy (non-hydrogen) atoms. The number of nitrogens with one attached hydrogen (secondary N) is 1. The molecule has 1 atom stereocenters. The highest BCUT2D eigenvalue weighted by atomic mass is 35.5. The van der Waals surface area contributed by atoms with Gasteiger partial charge in [-0.3, -0.25) is 4.79 Å². The first kappa shape index (κ1) is 21.7. The third-order valence-electron chi connectivity index (χ3n) is 4.48. The van der Waals surface area contributed by atoms with Crippen molar-refractivity contribution in [3.63, 3.8) is 0 Å². The molecule has 3 rings (SSSR count). The van der Waals surface area contributed by atoms with Gasteiger partial charge in [-0.2, -0.15) is 10.2 Å².